The third-order valence-corrected chi connectivity index (χ3v) is 9.25. The first-order chi connectivity index (χ1) is 19.4. The molecule has 0 aromatic carbocycles. The number of hydrogen-bond donors (Lipinski definition) is 6. The quantitative estimate of drug-likeness (QED) is 0.111. The number of carbonyl (C=O) groups is 4. The minimum Gasteiger partial charge on any atom is -0.478 e. The first-order valence-corrected chi connectivity index (χ1v) is 15.0. The summed E-state index contributed by atoms with van der Waals surface area (Å²) in [4.78, 5) is 65.7. The highest BCUT2D eigenvalue weighted by atomic mass is 32.2. The van der Waals surface area contributed by atoms with Gasteiger partial charge in [-0.05, 0) is 19.4 Å². The van der Waals surface area contributed by atoms with Crippen molar-refractivity contribution >= 4 is 80.5 Å². The number of fused-ring (bicyclic) bond motifs is 1. The van der Waals surface area contributed by atoms with Crippen LogP contribution in [0, 0.1) is 5.41 Å². The standard InChI is InChI=1S/C22H27N9O7S3/c1-3-30-12(24)4-11(23)27-22(30)41-6-9-5-39-18-14(17(33)31(18)15(9)20(36)37)28-16(32)13(10-7-40-21(25)26-10)29-38-8(2)19(34)35/h7-8,12,14,18,23H,3-6,24H2,1-2H3,(H2,25,26)(H,28,32)(H,34,35)(H,36,37)/t8-,12?,14?,18-/m0/s1. The fourth-order valence-electron chi connectivity index (χ4n) is 4.09. The van der Waals surface area contributed by atoms with Gasteiger partial charge in [0.2, 0.25) is 6.10 Å². The molecule has 16 nitrogen and oxygen atoms in total. The van der Waals surface area contributed by atoms with E-state index in [9.17, 15) is 24.3 Å². The van der Waals surface area contributed by atoms with E-state index in [-0.39, 0.29) is 39.6 Å². The average molecular weight is 626 g/mol. The van der Waals surface area contributed by atoms with Crippen molar-refractivity contribution in [3.8, 4) is 0 Å². The second kappa shape index (κ2) is 12.5. The van der Waals surface area contributed by atoms with Crippen molar-refractivity contribution in [3.05, 3.63) is 22.3 Å². The normalized spacial score (nSPS) is 23.4. The van der Waals surface area contributed by atoms with E-state index in [1.807, 2.05) is 11.8 Å². The Balaban J connectivity index is 1.50. The third-order valence-electron chi connectivity index (χ3n) is 6.16. The molecule has 3 aliphatic heterocycles. The topological polar surface area (TPSA) is 250 Å². The van der Waals surface area contributed by atoms with Gasteiger partial charge in [-0.3, -0.25) is 19.9 Å². The van der Waals surface area contributed by atoms with Crippen LogP contribution in [0.1, 0.15) is 26.0 Å². The van der Waals surface area contributed by atoms with Gasteiger partial charge in [0.15, 0.2) is 16.0 Å². The fraction of sp³-hybridized carbons (Fsp3) is 0.455. The maximum Gasteiger partial charge on any atom is 0.352 e. The summed E-state index contributed by atoms with van der Waals surface area (Å²) in [5, 5.41) is 34.5. The predicted molar refractivity (Wildman–Crippen MR) is 154 cm³/mol. The number of aromatic nitrogens is 1. The number of rotatable bonds is 10. The zero-order chi connectivity index (χ0) is 30.0. The average Bonchev–Trinajstić information content (AvgIpc) is 3.34. The molecule has 1 saturated heterocycles. The molecule has 0 bridgehead atoms. The Morgan fingerprint density at radius 1 is 1.39 bits per heavy atom. The number of hydrogen-bond acceptors (Lipinski definition) is 14. The van der Waals surface area contributed by atoms with E-state index in [0.717, 1.165) is 16.2 Å². The molecular formula is C22H27N9O7S3. The lowest BCUT2D eigenvalue weighted by Gasteiger charge is -2.49. The van der Waals surface area contributed by atoms with Crippen LogP contribution in [0.4, 0.5) is 5.13 Å². The Morgan fingerprint density at radius 2 is 2.12 bits per heavy atom. The molecule has 4 atom stereocenters. The number of nitrogens with two attached hydrogens (primary N) is 2. The zero-order valence-electron chi connectivity index (χ0n) is 21.8. The van der Waals surface area contributed by atoms with Gasteiger partial charge in [0, 0.05) is 29.9 Å². The molecular weight excluding hydrogens is 598 g/mol. The van der Waals surface area contributed by atoms with Crippen LogP contribution in [0.2, 0.25) is 0 Å². The second-order valence-corrected chi connectivity index (χ2v) is 11.8. The molecule has 4 heterocycles. The van der Waals surface area contributed by atoms with E-state index in [1.54, 1.807) is 0 Å². The molecule has 0 radical (unpaired) electrons. The lowest BCUT2D eigenvalue weighted by molar-refractivity contribution is -0.150. The van der Waals surface area contributed by atoms with Crippen LogP contribution in [-0.2, 0) is 24.0 Å². The van der Waals surface area contributed by atoms with Crippen LogP contribution in [0.5, 0.6) is 0 Å². The van der Waals surface area contributed by atoms with E-state index in [1.165, 1.54) is 35.8 Å². The van der Waals surface area contributed by atoms with Crippen LogP contribution in [-0.4, -0.2) is 107 Å². The van der Waals surface area contributed by atoms with Gasteiger partial charge >= 0.3 is 11.9 Å². The van der Waals surface area contributed by atoms with E-state index in [4.69, 9.17) is 26.8 Å². The number of aliphatic imine (C=N–C) groups is 1. The maximum atomic E-state index is 13.1. The molecule has 1 aromatic rings. The molecule has 3 aliphatic rings. The highest BCUT2D eigenvalue weighted by Gasteiger charge is 2.54. The van der Waals surface area contributed by atoms with Gasteiger partial charge in [-0.15, -0.1) is 23.1 Å². The second-order valence-electron chi connectivity index (χ2n) is 8.90. The fourth-order valence-corrected chi connectivity index (χ4v) is 7.26. The van der Waals surface area contributed by atoms with Crippen molar-refractivity contribution in [2.75, 3.05) is 23.8 Å². The molecule has 0 spiro atoms. The van der Waals surface area contributed by atoms with Gasteiger partial charge in [-0.1, -0.05) is 16.9 Å². The highest BCUT2D eigenvalue weighted by Crippen LogP contribution is 2.41. The van der Waals surface area contributed by atoms with Gasteiger partial charge in [0.25, 0.3) is 11.8 Å². The summed E-state index contributed by atoms with van der Waals surface area (Å²) in [5.74, 6) is -3.50. The Kier molecular flexibility index (Phi) is 9.20. The number of nitrogen functional groups attached to an aromatic ring is 1. The van der Waals surface area contributed by atoms with Gasteiger partial charge in [-0.2, -0.15) is 0 Å². The molecule has 1 aromatic heterocycles. The summed E-state index contributed by atoms with van der Waals surface area (Å²) in [7, 11) is 0. The van der Waals surface area contributed by atoms with Crippen LogP contribution in [0.25, 0.3) is 0 Å². The summed E-state index contributed by atoms with van der Waals surface area (Å²) in [6.07, 6.45) is -1.46. The van der Waals surface area contributed by atoms with E-state index in [0.29, 0.717) is 23.7 Å². The number of thiazole rings is 1. The molecule has 2 amide bonds. The van der Waals surface area contributed by atoms with Crippen LogP contribution in [0.15, 0.2) is 26.8 Å². The summed E-state index contributed by atoms with van der Waals surface area (Å²) >= 11 is 3.54. The molecule has 0 saturated carbocycles. The number of β-lactam (4-membered cyclic amide) rings is 1. The number of nitrogens with zero attached hydrogens (tertiary/aromatic N) is 5. The Hall–Kier alpha value is -3.68. The Labute approximate surface area is 245 Å². The molecule has 220 valence electrons. The number of amides is 2. The minimum atomic E-state index is -1.37. The summed E-state index contributed by atoms with van der Waals surface area (Å²) < 4.78 is 0. The van der Waals surface area contributed by atoms with Crippen molar-refractivity contribution in [1.29, 1.82) is 5.41 Å². The number of anilines is 1. The number of amidine groups is 2. The summed E-state index contributed by atoms with van der Waals surface area (Å²) in [6.45, 7) is 3.68. The molecule has 2 unspecified atom stereocenters. The molecule has 4 rings (SSSR count). The van der Waals surface area contributed by atoms with Crippen molar-refractivity contribution in [3.63, 3.8) is 0 Å². The van der Waals surface area contributed by atoms with Gasteiger partial charge in [-0.25, -0.2) is 19.6 Å². The van der Waals surface area contributed by atoms with E-state index in [2.05, 4.69) is 20.4 Å². The maximum absolute atomic E-state index is 13.1. The zero-order valence-corrected chi connectivity index (χ0v) is 24.2. The number of carbonyl (C=O) groups excluding carboxylic acids is 2. The van der Waals surface area contributed by atoms with Crippen LogP contribution >= 0.6 is 34.9 Å². The number of aliphatic carboxylic acids is 2. The number of oxime groups is 1. The van der Waals surface area contributed by atoms with Gasteiger partial charge in [0.05, 0.1) is 6.17 Å². The van der Waals surface area contributed by atoms with Crippen LogP contribution in [0.3, 0.4) is 0 Å². The van der Waals surface area contributed by atoms with Crippen molar-refractivity contribution in [1.82, 2.24) is 20.1 Å². The first-order valence-electron chi connectivity index (χ1n) is 12.1. The van der Waals surface area contributed by atoms with Crippen molar-refractivity contribution in [2.45, 2.75) is 44.0 Å². The molecule has 19 heteroatoms. The first kappa shape index (κ1) is 30.3. The van der Waals surface area contributed by atoms with Gasteiger partial charge < -0.3 is 36.7 Å². The SMILES string of the molecule is CCN1C(SCC2=C(C(=O)O)N3C(=O)C(NC(=O)C(=NO[C@@H](C)C(=O)O)c4csc(N)n4)[C@@H]3SC2)=NC(=N)CC1N. The third kappa shape index (κ3) is 6.31. The van der Waals surface area contributed by atoms with E-state index < -0.39 is 47.4 Å². The van der Waals surface area contributed by atoms with Crippen molar-refractivity contribution < 1.29 is 34.2 Å². The summed E-state index contributed by atoms with van der Waals surface area (Å²) in [6, 6.07) is -1.08. The molecule has 1 fully saturated rings. The largest absolute Gasteiger partial charge is 0.478 e. The van der Waals surface area contributed by atoms with Crippen LogP contribution < -0.4 is 16.8 Å². The molecule has 8 N–H and O–H groups in total. The number of carboxylic acid groups (broad SMARTS) is 2. The van der Waals surface area contributed by atoms with E-state index >= 15 is 0 Å². The monoisotopic (exact) mass is 625 g/mol. The number of carboxylic acids is 2. The predicted octanol–water partition coefficient (Wildman–Crippen LogP) is -0.265. The molecule has 41 heavy (non-hydrogen) atoms. The minimum absolute atomic E-state index is 0.0208. The van der Waals surface area contributed by atoms with Crippen molar-refractivity contribution in [2.24, 2.45) is 15.9 Å². The molecule has 0 aliphatic carbocycles. The van der Waals surface area contributed by atoms with Gasteiger partial charge in [0.1, 0.15) is 28.6 Å². The lowest BCUT2D eigenvalue weighted by atomic mass is 10.0. The Morgan fingerprint density at radius 3 is 2.73 bits per heavy atom. The summed E-state index contributed by atoms with van der Waals surface area (Å²) in [5.41, 5.74) is 11.7. The highest BCUT2D eigenvalue weighted by molar-refractivity contribution is 8.14. The smallest absolute Gasteiger partial charge is 0.352 e. The lowest BCUT2D eigenvalue weighted by Crippen LogP contribution is -2.71. The number of nitrogens with one attached hydrogen (secondary N) is 2. The number of thioether (sulfide) groups is 2. The Bertz CT molecular complexity index is 1380.